The van der Waals surface area contributed by atoms with Crippen LogP contribution in [0.2, 0.25) is 0 Å². The monoisotopic (exact) mass is 562 g/mol. The van der Waals surface area contributed by atoms with Crippen molar-refractivity contribution in [3.63, 3.8) is 0 Å². The Kier molecular flexibility index (Phi) is 6.44. The number of hydrogen-bond acceptors (Lipinski definition) is 8. The zero-order valence-corrected chi connectivity index (χ0v) is 21.4. The second-order valence-electron chi connectivity index (χ2n) is 9.53. The van der Waals surface area contributed by atoms with Crippen molar-refractivity contribution in [2.75, 3.05) is 0 Å². The minimum atomic E-state index is -4.59. The molecule has 41 heavy (non-hydrogen) atoms. The smallest absolute Gasteiger partial charge is 0.449 e. The van der Waals surface area contributed by atoms with Crippen molar-refractivity contribution < 1.29 is 27.2 Å². The van der Waals surface area contributed by atoms with Crippen molar-refractivity contribution in [3.8, 4) is 11.4 Å². The van der Waals surface area contributed by atoms with Gasteiger partial charge < -0.3 is 15.1 Å². The van der Waals surface area contributed by atoms with Crippen LogP contribution < -0.4 is 10.6 Å². The first-order chi connectivity index (χ1) is 19.6. The molecule has 11 nitrogen and oxygen atoms in total. The zero-order valence-electron chi connectivity index (χ0n) is 21.4. The normalized spacial score (nSPS) is 14.7. The first-order valence-electron chi connectivity index (χ1n) is 12.5. The number of fused-ring (bicyclic) bond motifs is 2. The third-order valence-electron chi connectivity index (χ3n) is 6.74. The second kappa shape index (κ2) is 10.1. The van der Waals surface area contributed by atoms with Gasteiger partial charge in [0, 0.05) is 23.6 Å². The van der Waals surface area contributed by atoms with Crippen molar-refractivity contribution >= 4 is 22.8 Å². The average Bonchev–Trinajstić information content (AvgIpc) is 3.69. The van der Waals surface area contributed by atoms with Crippen LogP contribution in [0.15, 0.2) is 59.3 Å². The van der Waals surface area contributed by atoms with Gasteiger partial charge in [0.25, 0.3) is 11.8 Å². The van der Waals surface area contributed by atoms with Crippen LogP contribution in [0, 0.1) is 0 Å². The summed E-state index contributed by atoms with van der Waals surface area (Å²) < 4.78 is 43.6. The number of hydrogen-bond donors (Lipinski definition) is 2. The van der Waals surface area contributed by atoms with Crippen molar-refractivity contribution in [3.05, 3.63) is 88.7 Å². The van der Waals surface area contributed by atoms with Gasteiger partial charge in [0.05, 0.1) is 13.1 Å². The minimum Gasteiger partial charge on any atom is -0.451 e. The Morgan fingerprint density at radius 2 is 1.85 bits per heavy atom. The third kappa shape index (κ3) is 5.35. The number of tetrazole rings is 1. The summed E-state index contributed by atoms with van der Waals surface area (Å²) in [6.45, 7) is 0.00723. The Morgan fingerprint density at radius 3 is 2.61 bits per heavy atom. The van der Waals surface area contributed by atoms with E-state index in [1.807, 2.05) is 18.2 Å². The number of rotatable bonds is 6. The maximum Gasteiger partial charge on any atom is 0.449 e. The first kappa shape index (κ1) is 26.1. The molecule has 0 saturated heterocycles. The molecule has 2 aromatic carbocycles. The Labute approximate surface area is 229 Å². The molecule has 5 aromatic rings. The number of nitrogens with one attached hydrogen (secondary N) is 2. The number of aryl methyl sites for hydroxylation is 2. The molecular weight excluding hydrogens is 541 g/mol. The van der Waals surface area contributed by atoms with E-state index in [0.29, 0.717) is 23.2 Å². The molecule has 1 aliphatic carbocycles. The highest BCUT2D eigenvalue weighted by Gasteiger charge is 2.35. The number of alkyl halides is 3. The summed E-state index contributed by atoms with van der Waals surface area (Å²) in [5, 5.41) is 18.0. The Hall–Kier alpha value is -5.14. The van der Waals surface area contributed by atoms with E-state index in [1.54, 1.807) is 13.1 Å². The lowest BCUT2D eigenvalue weighted by atomic mass is 10.0. The highest BCUT2D eigenvalue weighted by atomic mass is 19.4. The van der Waals surface area contributed by atoms with Crippen LogP contribution in [0.4, 0.5) is 13.2 Å². The van der Waals surface area contributed by atoms with Crippen LogP contribution in [0.3, 0.4) is 0 Å². The molecule has 0 spiro atoms. The van der Waals surface area contributed by atoms with Crippen molar-refractivity contribution in [2.45, 2.75) is 31.6 Å². The highest BCUT2D eigenvalue weighted by molar-refractivity contribution is 5.97. The molecule has 0 bridgehead atoms. The van der Waals surface area contributed by atoms with E-state index in [1.165, 1.54) is 23.0 Å². The molecule has 6 rings (SSSR count). The lowest BCUT2D eigenvalue weighted by Crippen LogP contribution is -2.29. The van der Waals surface area contributed by atoms with E-state index in [2.05, 4.69) is 36.0 Å². The fourth-order valence-corrected chi connectivity index (χ4v) is 4.74. The van der Waals surface area contributed by atoms with E-state index in [4.69, 9.17) is 4.42 Å². The Balaban J connectivity index is 1.10. The number of amides is 2. The number of carbonyl (C=O) groups excluding carboxylic acids is 2. The third-order valence-corrected chi connectivity index (χ3v) is 6.74. The number of furan rings is 1. The van der Waals surface area contributed by atoms with Crippen molar-refractivity contribution in [1.82, 2.24) is 40.8 Å². The van der Waals surface area contributed by atoms with Gasteiger partial charge in [-0.1, -0.05) is 24.3 Å². The topological polar surface area (TPSA) is 141 Å². The zero-order chi connectivity index (χ0) is 28.7. The quantitative estimate of drug-likeness (QED) is 0.319. The van der Waals surface area contributed by atoms with Gasteiger partial charge >= 0.3 is 6.18 Å². The largest absolute Gasteiger partial charge is 0.451 e. The maximum atomic E-state index is 13.0. The van der Waals surface area contributed by atoms with Gasteiger partial charge in [-0.25, -0.2) is 9.97 Å². The van der Waals surface area contributed by atoms with Crippen molar-refractivity contribution in [2.24, 2.45) is 7.05 Å². The Bertz CT molecular complexity index is 1800. The van der Waals surface area contributed by atoms with Crippen LogP contribution >= 0.6 is 0 Å². The predicted molar refractivity (Wildman–Crippen MR) is 137 cm³/mol. The summed E-state index contributed by atoms with van der Waals surface area (Å²) in [5.74, 6) is -1.60. The van der Waals surface area contributed by atoms with Gasteiger partial charge in [-0.05, 0) is 52.9 Å². The van der Waals surface area contributed by atoms with Crippen LogP contribution in [-0.4, -0.2) is 42.0 Å². The average molecular weight is 563 g/mol. The molecule has 2 amide bonds. The van der Waals surface area contributed by atoms with E-state index in [-0.39, 0.29) is 29.6 Å². The van der Waals surface area contributed by atoms with E-state index in [9.17, 15) is 22.8 Å². The van der Waals surface area contributed by atoms with Crippen LogP contribution in [-0.2, 0) is 26.2 Å². The molecule has 0 aliphatic heterocycles. The molecule has 1 atom stereocenters. The number of benzene rings is 2. The van der Waals surface area contributed by atoms with E-state index < -0.39 is 23.8 Å². The molecule has 0 unspecified atom stereocenters. The number of aromatic nitrogens is 6. The van der Waals surface area contributed by atoms with Gasteiger partial charge in [-0.3, -0.25) is 9.59 Å². The molecule has 3 heterocycles. The highest BCUT2D eigenvalue weighted by Crippen LogP contribution is 2.35. The summed E-state index contributed by atoms with van der Waals surface area (Å²) in [5.41, 5.74) is 3.47. The van der Waals surface area contributed by atoms with Gasteiger partial charge in [-0.15, -0.1) is 10.2 Å². The fourth-order valence-electron chi connectivity index (χ4n) is 4.74. The molecule has 14 heteroatoms. The standard InChI is InChI=1S/C27H21F3N8O3/c1-38-36-24(35-37-38)17-4-6-18-15(9-17)5-7-19(18)34-26(40)21-11-20(32-13-33-21)25(39)31-12-14-2-3-16-10-23(27(28,29)30)41-22(16)8-14/h2-4,6,8-11,13,19H,5,7,12H2,1H3,(H,31,39)(H,34,40)/t19-/m1/s1. The number of halogens is 3. The van der Waals surface area contributed by atoms with Gasteiger partial charge in [0.15, 0.2) is 0 Å². The summed E-state index contributed by atoms with van der Waals surface area (Å²) in [4.78, 5) is 35.1. The van der Waals surface area contributed by atoms with Gasteiger partial charge in [0.2, 0.25) is 11.6 Å². The second-order valence-corrected chi connectivity index (χ2v) is 9.53. The van der Waals surface area contributed by atoms with E-state index >= 15 is 0 Å². The summed E-state index contributed by atoms with van der Waals surface area (Å²) in [7, 11) is 1.69. The van der Waals surface area contributed by atoms with Crippen molar-refractivity contribution in [1.29, 1.82) is 0 Å². The molecule has 3 aromatic heterocycles. The molecule has 0 fully saturated rings. The summed E-state index contributed by atoms with van der Waals surface area (Å²) >= 11 is 0. The molecule has 2 N–H and O–H groups in total. The number of carbonyl (C=O) groups is 2. The van der Waals surface area contributed by atoms with Crippen LogP contribution in [0.25, 0.3) is 22.4 Å². The molecule has 208 valence electrons. The fraction of sp³-hybridized carbons (Fsp3) is 0.222. The summed E-state index contributed by atoms with van der Waals surface area (Å²) in [6.07, 6.45) is -2.01. The first-order valence-corrected chi connectivity index (χ1v) is 12.5. The molecule has 1 aliphatic rings. The van der Waals surface area contributed by atoms with Gasteiger partial charge in [-0.2, -0.15) is 18.0 Å². The lowest BCUT2D eigenvalue weighted by molar-refractivity contribution is -0.152. The number of nitrogens with zero attached hydrogens (tertiary/aromatic N) is 6. The van der Waals surface area contributed by atoms with Crippen LogP contribution in [0.1, 0.15) is 55.9 Å². The van der Waals surface area contributed by atoms with Gasteiger partial charge in [0.1, 0.15) is 23.3 Å². The Morgan fingerprint density at radius 1 is 1.05 bits per heavy atom. The van der Waals surface area contributed by atoms with Crippen LogP contribution in [0.5, 0.6) is 0 Å². The summed E-state index contributed by atoms with van der Waals surface area (Å²) in [6, 6.07) is 12.3. The SMILES string of the molecule is Cn1nnc(-c2ccc3c(c2)CC[C@H]3NC(=O)c2cc(C(=O)NCc3ccc4cc(C(F)(F)F)oc4c3)ncn2)n1. The molecule has 0 saturated carbocycles. The molecular formula is C27H21F3N8O3. The van der Waals surface area contributed by atoms with E-state index in [0.717, 1.165) is 35.5 Å². The maximum absolute atomic E-state index is 13.0. The predicted octanol–water partition coefficient (Wildman–Crippen LogP) is 3.78. The lowest BCUT2D eigenvalue weighted by Gasteiger charge is -2.14. The minimum absolute atomic E-state index is 0.00723. The molecule has 0 radical (unpaired) electrons.